The number of carbonyl (C=O) groups is 1. The van der Waals surface area contributed by atoms with Crippen LogP contribution in [0.1, 0.15) is 42.6 Å². The van der Waals surface area contributed by atoms with Gasteiger partial charge in [0, 0.05) is 12.0 Å². The molecule has 0 unspecified atom stereocenters. The highest BCUT2D eigenvalue weighted by Crippen LogP contribution is 2.37. The molecule has 2 aromatic rings. The molecule has 1 heterocycles. The van der Waals surface area contributed by atoms with Crippen LogP contribution in [0.3, 0.4) is 0 Å². The number of aromatic nitrogens is 2. The third-order valence-corrected chi connectivity index (χ3v) is 4.66. The SMILES string of the molecule is CCCOc1c(Br)cc(C(=O)Nc2nnc(CC(C)C)s2)cc1OC. The van der Waals surface area contributed by atoms with E-state index in [1.54, 1.807) is 19.2 Å². The first-order valence-corrected chi connectivity index (χ1v) is 9.69. The van der Waals surface area contributed by atoms with Crippen molar-refractivity contribution >= 4 is 38.3 Å². The molecule has 25 heavy (non-hydrogen) atoms. The van der Waals surface area contributed by atoms with Gasteiger partial charge in [0.1, 0.15) is 5.01 Å². The largest absolute Gasteiger partial charge is 0.493 e. The van der Waals surface area contributed by atoms with Crippen molar-refractivity contribution in [2.75, 3.05) is 19.0 Å². The van der Waals surface area contributed by atoms with Crippen molar-refractivity contribution in [3.63, 3.8) is 0 Å². The topological polar surface area (TPSA) is 73.3 Å². The third kappa shape index (κ3) is 5.40. The van der Waals surface area contributed by atoms with Crippen molar-refractivity contribution in [3.05, 3.63) is 27.2 Å². The highest BCUT2D eigenvalue weighted by Gasteiger charge is 2.17. The van der Waals surface area contributed by atoms with Crippen LogP contribution in [0.4, 0.5) is 5.13 Å². The minimum atomic E-state index is -0.270. The summed E-state index contributed by atoms with van der Waals surface area (Å²) in [4.78, 5) is 12.5. The van der Waals surface area contributed by atoms with E-state index in [2.05, 4.69) is 45.3 Å². The first-order chi connectivity index (χ1) is 11.9. The number of anilines is 1. The molecule has 0 saturated carbocycles. The van der Waals surface area contributed by atoms with E-state index in [1.807, 2.05) is 6.92 Å². The summed E-state index contributed by atoms with van der Waals surface area (Å²) in [6.07, 6.45) is 1.73. The van der Waals surface area contributed by atoms with Crippen LogP contribution in [0.15, 0.2) is 16.6 Å². The van der Waals surface area contributed by atoms with Crippen molar-refractivity contribution in [1.29, 1.82) is 0 Å². The van der Waals surface area contributed by atoms with Crippen LogP contribution in [-0.4, -0.2) is 29.8 Å². The molecule has 0 aliphatic heterocycles. The van der Waals surface area contributed by atoms with Crippen LogP contribution in [0.25, 0.3) is 0 Å². The Bertz CT molecular complexity index is 734. The summed E-state index contributed by atoms with van der Waals surface area (Å²) in [7, 11) is 1.55. The number of nitrogens with zero attached hydrogens (tertiary/aromatic N) is 2. The van der Waals surface area contributed by atoms with Gasteiger partial charge in [0.2, 0.25) is 5.13 Å². The van der Waals surface area contributed by atoms with Gasteiger partial charge in [-0.3, -0.25) is 10.1 Å². The van der Waals surface area contributed by atoms with Crippen molar-refractivity contribution in [3.8, 4) is 11.5 Å². The molecule has 6 nitrogen and oxygen atoms in total. The average Bonchev–Trinajstić information content (AvgIpc) is 2.99. The Morgan fingerprint density at radius 2 is 2.12 bits per heavy atom. The fraction of sp³-hybridized carbons (Fsp3) is 0.471. The van der Waals surface area contributed by atoms with E-state index < -0.39 is 0 Å². The molecule has 0 atom stereocenters. The van der Waals surface area contributed by atoms with Gasteiger partial charge in [0.15, 0.2) is 11.5 Å². The molecule has 2 rings (SSSR count). The number of hydrogen-bond acceptors (Lipinski definition) is 6. The van der Waals surface area contributed by atoms with E-state index >= 15 is 0 Å². The molecule has 1 amide bonds. The molecule has 0 aliphatic rings. The number of rotatable bonds is 8. The molecular formula is C17H22BrN3O3S. The van der Waals surface area contributed by atoms with Gasteiger partial charge < -0.3 is 9.47 Å². The van der Waals surface area contributed by atoms with Crippen molar-refractivity contribution in [2.24, 2.45) is 5.92 Å². The van der Waals surface area contributed by atoms with Crippen LogP contribution >= 0.6 is 27.3 Å². The zero-order chi connectivity index (χ0) is 18.4. The highest BCUT2D eigenvalue weighted by atomic mass is 79.9. The minimum Gasteiger partial charge on any atom is -0.493 e. The first kappa shape index (κ1) is 19.7. The second-order valence-corrected chi connectivity index (χ2v) is 7.81. The smallest absolute Gasteiger partial charge is 0.257 e. The number of hydrogen-bond donors (Lipinski definition) is 1. The zero-order valence-electron chi connectivity index (χ0n) is 14.8. The van der Waals surface area contributed by atoms with Crippen molar-refractivity contribution in [2.45, 2.75) is 33.6 Å². The molecule has 1 aromatic carbocycles. The first-order valence-electron chi connectivity index (χ1n) is 8.08. The van der Waals surface area contributed by atoms with Gasteiger partial charge in [-0.15, -0.1) is 10.2 Å². The summed E-state index contributed by atoms with van der Waals surface area (Å²) in [6, 6.07) is 3.36. The molecule has 8 heteroatoms. The quantitative estimate of drug-likeness (QED) is 0.668. The Morgan fingerprint density at radius 1 is 1.36 bits per heavy atom. The van der Waals surface area contributed by atoms with Gasteiger partial charge in [-0.05, 0) is 40.4 Å². The molecule has 0 radical (unpaired) electrons. The second-order valence-electron chi connectivity index (χ2n) is 5.89. The normalized spacial score (nSPS) is 10.8. The van der Waals surface area contributed by atoms with E-state index in [9.17, 15) is 4.79 Å². The number of nitrogens with one attached hydrogen (secondary N) is 1. The fourth-order valence-electron chi connectivity index (χ4n) is 2.10. The summed E-state index contributed by atoms with van der Waals surface area (Å²) >= 11 is 4.83. The summed E-state index contributed by atoms with van der Waals surface area (Å²) in [5.74, 6) is 1.32. The maximum Gasteiger partial charge on any atom is 0.257 e. The van der Waals surface area contributed by atoms with Gasteiger partial charge in [-0.1, -0.05) is 32.1 Å². The van der Waals surface area contributed by atoms with E-state index in [0.29, 0.717) is 39.2 Å². The zero-order valence-corrected chi connectivity index (χ0v) is 17.2. The number of carbonyl (C=O) groups excluding carboxylic acids is 1. The molecule has 136 valence electrons. The number of amides is 1. The van der Waals surface area contributed by atoms with Crippen LogP contribution in [0.5, 0.6) is 11.5 Å². The maximum absolute atomic E-state index is 12.5. The summed E-state index contributed by atoms with van der Waals surface area (Å²) < 4.78 is 11.7. The lowest BCUT2D eigenvalue weighted by atomic mass is 10.1. The molecule has 0 saturated heterocycles. The lowest BCUT2D eigenvalue weighted by molar-refractivity contribution is 0.102. The number of methoxy groups -OCH3 is 1. The second kappa shape index (κ2) is 9.15. The highest BCUT2D eigenvalue weighted by molar-refractivity contribution is 9.10. The van der Waals surface area contributed by atoms with Gasteiger partial charge in [-0.2, -0.15) is 0 Å². The van der Waals surface area contributed by atoms with Crippen LogP contribution in [-0.2, 0) is 6.42 Å². The third-order valence-electron chi connectivity index (χ3n) is 3.21. The van der Waals surface area contributed by atoms with Gasteiger partial charge in [0.05, 0.1) is 18.2 Å². The van der Waals surface area contributed by atoms with Gasteiger partial charge in [-0.25, -0.2) is 0 Å². The maximum atomic E-state index is 12.5. The predicted molar refractivity (Wildman–Crippen MR) is 103 cm³/mol. The van der Waals surface area contributed by atoms with Crippen molar-refractivity contribution < 1.29 is 14.3 Å². The molecule has 0 aliphatic carbocycles. The van der Waals surface area contributed by atoms with Crippen LogP contribution in [0.2, 0.25) is 0 Å². The lowest BCUT2D eigenvalue weighted by Gasteiger charge is -2.13. The Balaban J connectivity index is 2.16. The predicted octanol–water partition coefficient (Wildman–Crippen LogP) is 4.55. The Morgan fingerprint density at radius 3 is 2.76 bits per heavy atom. The molecule has 0 spiro atoms. The summed E-state index contributed by atoms with van der Waals surface area (Å²) in [6.45, 7) is 6.83. The fourth-order valence-corrected chi connectivity index (χ4v) is 3.60. The number of benzene rings is 1. The van der Waals surface area contributed by atoms with Gasteiger partial charge in [0.25, 0.3) is 5.91 Å². The molecule has 0 bridgehead atoms. The van der Waals surface area contributed by atoms with Crippen LogP contribution in [0, 0.1) is 5.92 Å². The summed E-state index contributed by atoms with van der Waals surface area (Å²) in [5, 5.41) is 12.3. The Labute approximate surface area is 160 Å². The average molecular weight is 428 g/mol. The lowest BCUT2D eigenvalue weighted by Crippen LogP contribution is -2.12. The van der Waals surface area contributed by atoms with E-state index in [0.717, 1.165) is 17.8 Å². The van der Waals surface area contributed by atoms with Crippen LogP contribution < -0.4 is 14.8 Å². The molecule has 1 N–H and O–H groups in total. The summed E-state index contributed by atoms with van der Waals surface area (Å²) in [5.41, 5.74) is 0.452. The molecule has 0 fully saturated rings. The van der Waals surface area contributed by atoms with Gasteiger partial charge >= 0.3 is 0 Å². The van der Waals surface area contributed by atoms with Crippen molar-refractivity contribution in [1.82, 2.24) is 10.2 Å². The monoisotopic (exact) mass is 427 g/mol. The Kier molecular flexibility index (Phi) is 7.19. The molecular weight excluding hydrogens is 406 g/mol. The van der Waals surface area contributed by atoms with E-state index in [1.165, 1.54) is 11.3 Å². The standard InChI is InChI=1S/C17H22BrN3O3S/c1-5-6-24-15-12(18)8-11(9-13(15)23-4)16(22)19-17-21-20-14(25-17)7-10(2)3/h8-10H,5-7H2,1-4H3,(H,19,21,22). The number of ether oxygens (including phenoxy) is 2. The molecule has 1 aromatic heterocycles. The minimum absolute atomic E-state index is 0.270. The van der Waals surface area contributed by atoms with E-state index in [-0.39, 0.29) is 5.91 Å². The Hall–Kier alpha value is -1.67. The number of halogens is 1. The van der Waals surface area contributed by atoms with E-state index in [4.69, 9.17) is 9.47 Å².